The third kappa shape index (κ3) is 4.16. The van der Waals surface area contributed by atoms with Gasteiger partial charge in [0.1, 0.15) is 5.69 Å². The first-order valence-electron chi connectivity index (χ1n) is 7.99. The van der Waals surface area contributed by atoms with Crippen LogP contribution in [0.2, 0.25) is 0 Å². The first-order chi connectivity index (χ1) is 11.3. The summed E-state index contributed by atoms with van der Waals surface area (Å²) < 4.78 is 62.7. The smallest absolute Gasteiger partial charge is 0.351 e. The van der Waals surface area contributed by atoms with Crippen LogP contribution in [0.3, 0.4) is 0 Å². The zero-order chi connectivity index (χ0) is 19.0. The standard InChI is InChI=1S/C15H22F3N3O3S/c1-14(2,25(3,23)24)7-8-19-12(22)11-10-6-4-5-9-21(10)13(20-11)15(16,17)18/h4-9H2,1-3H3,(H,19,22). The second kappa shape index (κ2) is 6.62. The van der Waals surface area contributed by atoms with Gasteiger partial charge < -0.3 is 9.88 Å². The molecule has 1 aliphatic heterocycles. The molecule has 0 saturated heterocycles. The molecule has 0 bridgehead atoms. The number of halogens is 3. The lowest BCUT2D eigenvalue weighted by atomic mass is 10.1. The highest BCUT2D eigenvalue weighted by Crippen LogP contribution is 2.32. The van der Waals surface area contributed by atoms with Gasteiger partial charge >= 0.3 is 6.18 Å². The molecule has 0 atom stereocenters. The van der Waals surface area contributed by atoms with Gasteiger partial charge in [-0.2, -0.15) is 13.2 Å². The van der Waals surface area contributed by atoms with Crippen LogP contribution in [0.5, 0.6) is 0 Å². The van der Waals surface area contributed by atoms with Crippen LogP contribution in [0.1, 0.15) is 55.1 Å². The van der Waals surface area contributed by atoms with Crippen LogP contribution in [-0.2, 0) is 29.0 Å². The average Bonchev–Trinajstić information content (AvgIpc) is 2.85. The van der Waals surface area contributed by atoms with E-state index < -0.39 is 32.5 Å². The van der Waals surface area contributed by atoms with Crippen molar-refractivity contribution in [1.29, 1.82) is 0 Å². The normalized spacial score (nSPS) is 15.8. The van der Waals surface area contributed by atoms with E-state index in [2.05, 4.69) is 10.3 Å². The Balaban J connectivity index is 2.16. The van der Waals surface area contributed by atoms with Gasteiger partial charge in [-0.15, -0.1) is 0 Å². The topological polar surface area (TPSA) is 81.1 Å². The Hall–Kier alpha value is -1.58. The molecule has 1 N–H and O–H groups in total. The first kappa shape index (κ1) is 19.7. The number of sulfone groups is 1. The molecule has 0 radical (unpaired) electrons. The van der Waals surface area contributed by atoms with Crippen molar-refractivity contribution in [2.24, 2.45) is 0 Å². The highest BCUT2D eigenvalue weighted by Gasteiger charge is 2.40. The quantitative estimate of drug-likeness (QED) is 0.848. The number of imidazole rings is 1. The van der Waals surface area contributed by atoms with Crippen LogP contribution >= 0.6 is 0 Å². The number of fused-ring (bicyclic) bond motifs is 1. The molecule has 0 spiro atoms. The molecule has 1 aromatic rings. The minimum absolute atomic E-state index is 0.0343. The number of aromatic nitrogens is 2. The van der Waals surface area contributed by atoms with E-state index in [0.717, 1.165) is 10.8 Å². The van der Waals surface area contributed by atoms with Crippen LogP contribution in [0, 0.1) is 0 Å². The van der Waals surface area contributed by atoms with Crippen LogP contribution in [0.15, 0.2) is 0 Å². The summed E-state index contributed by atoms with van der Waals surface area (Å²) in [6.45, 7) is 3.29. The number of nitrogens with zero attached hydrogens (tertiary/aromatic N) is 2. The molecule has 0 fully saturated rings. The number of nitrogens with one attached hydrogen (secondary N) is 1. The third-order valence-corrected chi connectivity index (χ3v) is 6.81. The Bertz CT molecular complexity index is 767. The average molecular weight is 381 g/mol. The molecule has 1 aliphatic rings. The van der Waals surface area contributed by atoms with Gasteiger partial charge in [-0.1, -0.05) is 0 Å². The molecule has 10 heteroatoms. The van der Waals surface area contributed by atoms with Gasteiger partial charge in [-0.05, 0) is 39.5 Å². The largest absolute Gasteiger partial charge is 0.449 e. The Labute approximate surface area is 144 Å². The zero-order valence-electron chi connectivity index (χ0n) is 14.4. The summed E-state index contributed by atoms with van der Waals surface area (Å²) in [7, 11) is -3.31. The maximum Gasteiger partial charge on any atom is 0.449 e. The summed E-state index contributed by atoms with van der Waals surface area (Å²) in [5.41, 5.74) is 0.0719. The van der Waals surface area contributed by atoms with Crippen molar-refractivity contribution in [2.75, 3.05) is 12.8 Å². The van der Waals surface area contributed by atoms with Crippen LogP contribution in [0.25, 0.3) is 0 Å². The van der Waals surface area contributed by atoms with E-state index in [-0.39, 0.29) is 25.2 Å². The fraction of sp³-hybridized carbons (Fsp3) is 0.733. The van der Waals surface area contributed by atoms with Gasteiger partial charge in [0.15, 0.2) is 9.84 Å². The zero-order valence-corrected chi connectivity index (χ0v) is 15.2. The van der Waals surface area contributed by atoms with Crippen LogP contribution in [-0.4, -0.2) is 41.4 Å². The van der Waals surface area contributed by atoms with Crippen LogP contribution < -0.4 is 5.32 Å². The molecule has 0 aliphatic carbocycles. The molecule has 2 rings (SSSR count). The van der Waals surface area contributed by atoms with Crippen molar-refractivity contribution in [3.05, 3.63) is 17.2 Å². The van der Waals surface area contributed by atoms with E-state index in [9.17, 15) is 26.4 Å². The van der Waals surface area contributed by atoms with E-state index in [1.807, 2.05) is 0 Å². The fourth-order valence-electron chi connectivity index (χ4n) is 2.69. The summed E-state index contributed by atoms with van der Waals surface area (Å²) in [6, 6.07) is 0. The van der Waals surface area contributed by atoms with Gasteiger partial charge in [0.05, 0.1) is 10.4 Å². The Morgan fingerprint density at radius 2 is 1.92 bits per heavy atom. The van der Waals surface area contributed by atoms with Gasteiger partial charge in [-0.3, -0.25) is 4.79 Å². The molecule has 25 heavy (non-hydrogen) atoms. The van der Waals surface area contributed by atoms with Crippen molar-refractivity contribution in [3.8, 4) is 0 Å². The number of carbonyl (C=O) groups is 1. The predicted molar refractivity (Wildman–Crippen MR) is 86.0 cm³/mol. The maximum atomic E-state index is 13.1. The van der Waals surface area contributed by atoms with Crippen molar-refractivity contribution < 1.29 is 26.4 Å². The lowest BCUT2D eigenvalue weighted by molar-refractivity contribution is -0.147. The summed E-state index contributed by atoms with van der Waals surface area (Å²) in [5, 5.41) is 2.50. The Morgan fingerprint density at radius 1 is 1.28 bits per heavy atom. The van der Waals surface area contributed by atoms with E-state index in [1.165, 1.54) is 13.8 Å². The monoisotopic (exact) mass is 381 g/mol. The van der Waals surface area contributed by atoms with Gasteiger partial charge in [0, 0.05) is 19.3 Å². The molecule has 0 saturated carbocycles. The first-order valence-corrected chi connectivity index (χ1v) is 9.88. The molecule has 0 aromatic carbocycles. The Kier molecular flexibility index (Phi) is 5.23. The minimum Gasteiger partial charge on any atom is -0.351 e. The van der Waals surface area contributed by atoms with E-state index in [0.29, 0.717) is 25.0 Å². The molecule has 142 valence electrons. The van der Waals surface area contributed by atoms with E-state index >= 15 is 0 Å². The number of carbonyl (C=O) groups excluding carboxylic acids is 1. The molecule has 6 nitrogen and oxygen atoms in total. The van der Waals surface area contributed by atoms with E-state index in [4.69, 9.17) is 0 Å². The third-order valence-electron chi connectivity index (χ3n) is 4.60. The SMILES string of the molecule is CC(C)(CCNC(=O)c1nc(C(F)(F)F)n2c1CCCC2)S(C)(=O)=O. The number of amides is 1. The number of hydrogen-bond acceptors (Lipinski definition) is 4. The minimum atomic E-state index is -4.62. The summed E-state index contributed by atoms with van der Waals surface area (Å²) in [6.07, 6.45) is -1.69. The molecule has 2 heterocycles. The van der Waals surface area contributed by atoms with E-state index in [1.54, 1.807) is 0 Å². The van der Waals surface area contributed by atoms with Crippen molar-refractivity contribution in [1.82, 2.24) is 14.9 Å². The summed E-state index contributed by atoms with van der Waals surface area (Å²) >= 11 is 0. The lowest BCUT2D eigenvalue weighted by Gasteiger charge is -2.22. The van der Waals surface area contributed by atoms with Gasteiger partial charge in [-0.25, -0.2) is 13.4 Å². The second-order valence-electron chi connectivity index (χ2n) is 6.87. The van der Waals surface area contributed by atoms with Crippen molar-refractivity contribution in [3.63, 3.8) is 0 Å². The highest BCUT2D eigenvalue weighted by molar-refractivity contribution is 7.92. The van der Waals surface area contributed by atoms with Crippen molar-refractivity contribution in [2.45, 2.75) is 57.0 Å². The fourth-order valence-corrected chi connectivity index (χ4v) is 3.16. The van der Waals surface area contributed by atoms with Gasteiger partial charge in [0.2, 0.25) is 5.82 Å². The number of hydrogen-bond donors (Lipinski definition) is 1. The van der Waals surface area contributed by atoms with Crippen LogP contribution in [0.4, 0.5) is 13.2 Å². The predicted octanol–water partition coefficient (Wildman–Crippen LogP) is 2.18. The van der Waals surface area contributed by atoms with Crippen molar-refractivity contribution >= 4 is 15.7 Å². The second-order valence-corrected chi connectivity index (χ2v) is 9.52. The maximum absolute atomic E-state index is 13.1. The highest BCUT2D eigenvalue weighted by atomic mass is 32.2. The summed E-state index contributed by atoms with van der Waals surface area (Å²) in [4.78, 5) is 15.8. The van der Waals surface area contributed by atoms with Gasteiger partial charge in [0.25, 0.3) is 5.91 Å². The molecule has 1 amide bonds. The Morgan fingerprint density at radius 3 is 2.48 bits per heavy atom. The number of alkyl halides is 3. The lowest BCUT2D eigenvalue weighted by Crippen LogP contribution is -2.36. The molecular weight excluding hydrogens is 359 g/mol. The summed E-state index contributed by atoms with van der Waals surface area (Å²) in [5.74, 6) is -1.76. The molecule has 0 unspecified atom stereocenters. The molecule has 1 aromatic heterocycles. The number of rotatable bonds is 5. The molecular formula is C15H22F3N3O3S.